The van der Waals surface area contributed by atoms with Crippen molar-refractivity contribution >= 4 is 28.7 Å². The standard InChI is InChI=1S/C24H29N3O4/c1-16(23(29)27-14-12-26(13-15-27)17(2)28)31-24(30)22-18-8-4-3-5-10-20(18)25-21-11-7-6-9-19(21)22/h6-7,9,11,16H,3-5,8,10,12-15H2,1-2H3/t16-/m1/s1. The van der Waals surface area contributed by atoms with E-state index in [1.54, 1.807) is 16.7 Å². The molecule has 1 aromatic heterocycles. The SMILES string of the molecule is CC(=O)N1CCN(C(=O)[C@@H](C)OC(=O)c2c3c(nc4ccccc24)CCCCC3)CC1. The average molecular weight is 424 g/mol. The van der Waals surface area contributed by atoms with E-state index in [9.17, 15) is 14.4 Å². The van der Waals surface area contributed by atoms with Crippen LogP contribution < -0.4 is 0 Å². The van der Waals surface area contributed by atoms with E-state index < -0.39 is 12.1 Å². The Kier molecular flexibility index (Phi) is 6.20. The number of aromatic nitrogens is 1. The molecule has 2 aliphatic rings. The van der Waals surface area contributed by atoms with Crippen molar-refractivity contribution in [1.29, 1.82) is 0 Å². The van der Waals surface area contributed by atoms with Gasteiger partial charge in [-0.15, -0.1) is 0 Å². The summed E-state index contributed by atoms with van der Waals surface area (Å²) in [5.74, 6) is -0.669. The van der Waals surface area contributed by atoms with Crippen molar-refractivity contribution in [2.75, 3.05) is 26.2 Å². The lowest BCUT2D eigenvalue weighted by Crippen LogP contribution is -2.52. The number of carbonyl (C=O) groups excluding carboxylic acids is 3. The van der Waals surface area contributed by atoms with E-state index in [1.807, 2.05) is 24.3 Å². The molecule has 1 aliphatic heterocycles. The minimum atomic E-state index is -0.885. The Morgan fingerprint density at radius 1 is 0.968 bits per heavy atom. The zero-order valence-electron chi connectivity index (χ0n) is 18.2. The predicted octanol–water partition coefficient (Wildman–Crippen LogP) is 2.74. The number of amides is 2. The highest BCUT2D eigenvalue weighted by Gasteiger charge is 2.30. The maximum atomic E-state index is 13.3. The molecule has 4 rings (SSSR count). The van der Waals surface area contributed by atoms with Crippen LogP contribution in [-0.2, 0) is 27.2 Å². The number of piperazine rings is 1. The van der Waals surface area contributed by atoms with Gasteiger partial charge in [-0.05, 0) is 44.2 Å². The molecule has 1 aromatic carbocycles. The Morgan fingerprint density at radius 3 is 2.39 bits per heavy atom. The van der Waals surface area contributed by atoms with Gasteiger partial charge in [-0.3, -0.25) is 14.6 Å². The van der Waals surface area contributed by atoms with Gasteiger partial charge in [-0.1, -0.05) is 24.6 Å². The molecule has 7 heteroatoms. The second-order valence-corrected chi connectivity index (χ2v) is 8.37. The summed E-state index contributed by atoms with van der Waals surface area (Å²) in [6, 6.07) is 7.63. The van der Waals surface area contributed by atoms with Gasteiger partial charge in [0.2, 0.25) is 5.91 Å². The number of ether oxygens (including phenoxy) is 1. The lowest BCUT2D eigenvalue weighted by Gasteiger charge is -2.35. The van der Waals surface area contributed by atoms with E-state index in [1.165, 1.54) is 6.92 Å². The summed E-state index contributed by atoms with van der Waals surface area (Å²) in [4.78, 5) is 45.9. The third kappa shape index (κ3) is 4.40. The molecule has 0 radical (unpaired) electrons. The molecule has 1 aliphatic carbocycles. The minimum absolute atomic E-state index is 0.0110. The van der Waals surface area contributed by atoms with Gasteiger partial charge in [0.05, 0.1) is 11.1 Å². The van der Waals surface area contributed by atoms with Crippen LogP contribution >= 0.6 is 0 Å². The van der Waals surface area contributed by atoms with E-state index >= 15 is 0 Å². The summed E-state index contributed by atoms with van der Waals surface area (Å²) in [7, 11) is 0. The van der Waals surface area contributed by atoms with E-state index in [-0.39, 0.29) is 11.8 Å². The van der Waals surface area contributed by atoms with Crippen LogP contribution in [-0.4, -0.2) is 64.9 Å². The second-order valence-electron chi connectivity index (χ2n) is 8.37. The van der Waals surface area contributed by atoms with Crippen molar-refractivity contribution in [1.82, 2.24) is 14.8 Å². The molecule has 2 heterocycles. The molecule has 164 valence electrons. The number of hydrogen-bond donors (Lipinski definition) is 0. The molecular weight excluding hydrogens is 394 g/mol. The first-order valence-corrected chi connectivity index (χ1v) is 11.1. The van der Waals surface area contributed by atoms with E-state index in [0.29, 0.717) is 31.7 Å². The molecule has 0 saturated carbocycles. The van der Waals surface area contributed by atoms with Crippen LogP contribution in [0.25, 0.3) is 10.9 Å². The molecule has 0 bridgehead atoms. The number of para-hydroxylation sites is 1. The maximum Gasteiger partial charge on any atom is 0.339 e. The summed E-state index contributed by atoms with van der Waals surface area (Å²) < 4.78 is 5.70. The molecule has 1 atom stereocenters. The number of aryl methyl sites for hydroxylation is 1. The quantitative estimate of drug-likeness (QED) is 0.560. The first kappa shape index (κ1) is 21.3. The monoisotopic (exact) mass is 423 g/mol. The smallest absolute Gasteiger partial charge is 0.339 e. The first-order valence-electron chi connectivity index (χ1n) is 11.1. The lowest BCUT2D eigenvalue weighted by atomic mass is 9.97. The van der Waals surface area contributed by atoms with Crippen LogP contribution in [0.3, 0.4) is 0 Å². The number of fused-ring (bicyclic) bond motifs is 2. The Morgan fingerprint density at radius 2 is 1.65 bits per heavy atom. The van der Waals surface area contributed by atoms with Crippen LogP contribution in [0.5, 0.6) is 0 Å². The van der Waals surface area contributed by atoms with Crippen molar-refractivity contribution in [2.24, 2.45) is 0 Å². The van der Waals surface area contributed by atoms with Gasteiger partial charge in [0, 0.05) is 44.2 Å². The highest BCUT2D eigenvalue weighted by Crippen LogP contribution is 2.29. The lowest BCUT2D eigenvalue weighted by molar-refractivity contribution is -0.144. The minimum Gasteiger partial charge on any atom is -0.449 e. The molecule has 2 amide bonds. The highest BCUT2D eigenvalue weighted by molar-refractivity contribution is 6.05. The molecule has 7 nitrogen and oxygen atoms in total. The van der Waals surface area contributed by atoms with Gasteiger partial charge >= 0.3 is 5.97 Å². The normalized spacial score (nSPS) is 17.6. The first-order chi connectivity index (χ1) is 15.0. The number of hydrogen-bond acceptors (Lipinski definition) is 5. The fourth-order valence-corrected chi connectivity index (χ4v) is 4.55. The van der Waals surface area contributed by atoms with Gasteiger partial charge in [0.1, 0.15) is 0 Å². The van der Waals surface area contributed by atoms with Gasteiger partial charge in [-0.2, -0.15) is 0 Å². The molecule has 1 saturated heterocycles. The fourth-order valence-electron chi connectivity index (χ4n) is 4.55. The average Bonchev–Trinajstić information content (AvgIpc) is 3.02. The number of rotatable bonds is 3. The Balaban J connectivity index is 1.55. The summed E-state index contributed by atoms with van der Waals surface area (Å²) >= 11 is 0. The van der Waals surface area contributed by atoms with Crippen molar-refractivity contribution in [3.8, 4) is 0 Å². The maximum absolute atomic E-state index is 13.3. The summed E-state index contributed by atoms with van der Waals surface area (Å²) in [5.41, 5.74) is 3.29. The topological polar surface area (TPSA) is 79.8 Å². The number of benzene rings is 1. The van der Waals surface area contributed by atoms with Crippen molar-refractivity contribution in [3.63, 3.8) is 0 Å². The van der Waals surface area contributed by atoms with Crippen LogP contribution in [0.4, 0.5) is 0 Å². The second kappa shape index (κ2) is 9.04. The molecule has 1 fully saturated rings. The molecule has 0 N–H and O–H groups in total. The van der Waals surface area contributed by atoms with Gasteiger partial charge in [0.15, 0.2) is 6.10 Å². The highest BCUT2D eigenvalue weighted by atomic mass is 16.5. The largest absolute Gasteiger partial charge is 0.449 e. The predicted molar refractivity (Wildman–Crippen MR) is 117 cm³/mol. The molecular formula is C24H29N3O4. The van der Waals surface area contributed by atoms with Crippen molar-refractivity contribution < 1.29 is 19.1 Å². The Bertz CT molecular complexity index is 1010. The van der Waals surface area contributed by atoms with Gasteiger partial charge in [-0.25, -0.2) is 4.79 Å². The van der Waals surface area contributed by atoms with Gasteiger partial charge < -0.3 is 14.5 Å². The third-order valence-corrected chi connectivity index (χ3v) is 6.29. The van der Waals surface area contributed by atoms with Crippen molar-refractivity contribution in [2.45, 2.75) is 52.1 Å². The van der Waals surface area contributed by atoms with Crippen LogP contribution in [0.1, 0.15) is 54.7 Å². The zero-order valence-corrected chi connectivity index (χ0v) is 18.2. The van der Waals surface area contributed by atoms with Crippen LogP contribution in [0.2, 0.25) is 0 Å². The summed E-state index contributed by atoms with van der Waals surface area (Å²) in [6.07, 6.45) is 3.96. The van der Waals surface area contributed by atoms with E-state index in [0.717, 1.165) is 54.3 Å². The van der Waals surface area contributed by atoms with E-state index in [2.05, 4.69) is 0 Å². The molecule has 31 heavy (non-hydrogen) atoms. The molecule has 0 spiro atoms. The van der Waals surface area contributed by atoms with Crippen molar-refractivity contribution in [3.05, 3.63) is 41.1 Å². The van der Waals surface area contributed by atoms with Crippen LogP contribution in [0.15, 0.2) is 24.3 Å². The third-order valence-electron chi connectivity index (χ3n) is 6.29. The van der Waals surface area contributed by atoms with Crippen LogP contribution in [0, 0.1) is 0 Å². The van der Waals surface area contributed by atoms with E-state index in [4.69, 9.17) is 9.72 Å². The number of pyridine rings is 1. The summed E-state index contributed by atoms with van der Waals surface area (Å²) in [5, 5.41) is 0.780. The Hall–Kier alpha value is -2.96. The number of nitrogens with zero attached hydrogens (tertiary/aromatic N) is 3. The zero-order chi connectivity index (χ0) is 22.0. The Labute approximate surface area is 182 Å². The number of esters is 1. The molecule has 0 unspecified atom stereocenters. The fraction of sp³-hybridized carbons (Fsp3) is 0.500. The summed E-state index contributed by atoms with van der Waals surface area (Å²) in [6.45, 7) is 5.07. The van der Waals surface area contributed by atoms with Gasteiger partial charge in [0.25, 0.3) is 5.91 Å². The number of carbonyl (C=O) groups is 3. The molecule has 2 aromatic rings.